The minimum Gasteiger partial charge on any atom is -0.371 e. The highest BCUT2D eigenvalue weighted by atomic mass is 16.2. The quantitative estimate of drug-likeness (QED) is 0.748. The molecular weight excluding hydrogens is 338 g/mol. The van der Waals surface area contributed by atoms with Gasteiger partial charge < -0.3 is 4.90 Å². The number of likely N-dealkylation sites (tertiary alicyclic amines) is 1. The Bertz CT molecular complexity index is 675. The number of hydrogen-bond donors (Lipinski definition) is 0. The fourth-order valence-corrected chi connectivity index (χ4v) is 5.04. The topological polar surface area (TPSA) is 43.9 Å². The maximum absolute atomic E-state index is 12.7. The Morgan fingerprint density at radius 3 is 2.22 bits per heavy atom. The standard InChI is InChI=1S/C22H31N3O2/c1-23(16-25-21(26)18-10-4-5-11-19(18)22(25)27)15-17-9-3-6-12-20(17)24-13-7-2-8-14-24/h3,6,9,12,18-19H,2,4-5,7-8,10-11,13-16H2,1H3/t18-,19+. The largest absolute Gasteiger partial charge is 0.371 e. The SMILES string of the molecule is CN(Cc1ccccc1N1CCCCC1)CN1C(=O)[C@H]2CCCC[C@H]2C1=O. The Kier molecular flexibility index (Phi) is 5.48. The van der Waals surface area contributed by atoms with Gasteiger partial charge in [-0.2, -0.15) is 0 Å². The summed E-state index contributed by atoms with van der Waals surface area (Å²) in [5.41, 5.74) is 2.58. The van der Waals surface area contributed by atoms with E-state index in [2.05, 4.69) is 34.1 Å². The van der Waals surface area contributed by atoms with E-state index in [1.54, 1.807) is 0 Å². The second-order valence-corrected chi connectivity index (χ2v) is 8.43. The molecule has 1 aromatic carbocycles. The highest BCUT2D eigenvalue weighted by Gasteiger charge is 2.48. The molecule has 3 fully saturated rings. The van der Waals surface area contributed by atoms with Crippen LogP contribution in [0.15, 0.2) is 24.3 Å². The van der Waals surface area contributed by atoms with Crippen LogP contribution in [0.1, 0.15) is 50.5 Å². The van der Waals surface area contributed by atoms with Gasteiger partial charge in [-0.25, -0.2) is 0 Å². The summed E-state index contributed by atoms with van der Waals surface area (Å²) in [4.78, 5) is 31.5. The van der Waals surface area contributed by atoms with Gasteiger partial charge in [0, 0.05) is 25.3 Å². The molecule has 0 unspecified atom stereocenters. The third kappa shape index (κ3) is 3.75. The van der Waals surface area contributed by atoms with Gasteiger partial charge in [0.1, 0.15) is 0 Å². The molecule has 1 saturated carbocycles. The van der Waals surface area contributed by atoms with E-state index in [0.29, 0.717) is 6.67 Å². The summed E-state index contributed by atoms with van der Waals surface area (Å²) in [5, 5.41) is 0. The predicted octanol–water partition coefficient (Wildman–Crippen LogP) is 3.24. The second kappa shape index (κ2) is 8.01. The zero-order valence-corrected chi connectivity index (χ0v) is 16.4. The van der Waals surface area contributed by atoms with Crippen LogP contribution >= 0.6 is 0 Å². The van der Waals surface area contributed by atoms with Gasteiger partial charge in [-0.3, -0.25) is 19.4 Å². The number of rotatable bonds is 5. The zero-order chi connectivity index (χ0) is 18.8. The molecular formula is C22H31N3O2. The summed E-state index contributed by atoms with van der Waals surface area (Å²) < 4.78 is 0. The molecule has 0 N–H and O–H groups in total. The number of carbonyl (C=O) groups is 2. The van der Waals surface area contributed by atoms with Crippen LogP contribution in [0, 0.1) is 11.8 Å². The molecule has 0 spiro atoms. The summed E-state index contributed by atoms with van der Waals surface area (Å²) in [5.74, 6) is 0.00213. The van der Waals surface area contributed by atoms with Gasteiger partial charge in [0.15, 0.2) is 0 Å². The maximum atomic E-state index is 12.7. The van der Waals surface area contributed by atoms with E-state index in [1.165, 1.54) is 35.4 Å². The average Bonchev–Trinajstić information content (AvgIpc) is 2.94. The number of amides is 2. The Hall–Kier alpha value is -1.88. The monoisotopic (exact) mass is 369 g/mol. The normalized spacial score (nSPS) is 26.0. The highest BCUT2D eigenvalue weighted by molar-refractivity contribution is 6.05. The smallest absolute Gasteiger partial charge is 0.234 e. The van der Waals surface area contributed by atoms with Gasteiger partial charge in [0.05, 0.1) is 18.5 Å². The molecule has 2 aliphatic heterocycles. The molecule has 1 aliphatic carbocycles. The molecule has 146 valence electrons. The lowest BCUT2D eigenvalue weighted by Gasteiger charge is -2.32. The van der Waals surface area contributed by atoms with Crippen LogP contribution in [-0.2, 0) is 16.1 Å². The van der Waals surface area contributed by atoms with Crippen molar-refractivity contribution >= 4 is 17.5 Å². The number of hydrogen-bond acceptors (Lipinski definition) is 4. The van der Waals surface area contributed by atoms with Crippen molar-refractivity contribution in [3.63, 3.8) is 0 Å². The molecule has 27 heavy (non-hydrogen) atoms. The van der Waals surface area contributed by atoms with Gasteiger partial charge in [-0.05, 0) is 50.8 Å². The van der Waals surface area contributed by atoms with Crippen molar-refractivity contribution in [2.75, 3.05) is 31.7 Å². The third-order valence-electron chi connectivity index (χ3n) is 6.44. The van der Waals surface area contributed by atoms with Crippen LogP contribution in [0.25, 0.3) is 0 Å². The lowest BCUT2D eigenvalue weighted by molar-refractivity contribution is -0.142. The minimum atomic E-state index is -0.0553. The summed E-state index contributed by atoms with van der Waals surface area (Å²) in [6.45, 7) is 3.39. The lowest BCUT2D eigenvalue weighted by atomic mass is 9.81. The van der Waals surface area contributed by atoms with E-state index in [-0.39, 0.29) is 23.7 Å². The number of imide groups is 1. The highest BCUT2D eigenvalue weighted by Crippen LogP contribution is 2.38. The number of benzene rings is 1. The van der Waals surface area contributed by atoms with Crippen LogP contribution in [0.2, 0.25) is 0 Å². The number of nitrogens with zero attached hydrogens (tertiary/aromatic N) is 3. The molecule has 5 heteroatoms. The van der Waals surface area contributed by atoms with Gasteiger partial charge in [-0.1, -0.05) is 31.0 Å². The van der Waals surface area contributed by atoms with Gasteiger partial charge in [-0.15, -0.1) is 0 Å². The second-order valence-electron chi connectivity index (χ2n) is 8.43. The van der Waals surface area contributed by atoms with Crippen molar-refractivity contribution < 1.29 is 9.59 Å². The first-order valence-corrected chi connectivity index (χ1v) is 10.5. The number of carbonyl (C=O) groups excluding carboxylic acids is 2. The van der Waals surface area contributed by atoms with Crippen LogP contribution in [0.5, 0.6) is 0 Å². The molecule has 2 saturated heterocycles. The summed E-state index contributed by atoms with van der Waals surface area (Å²) >= 11 is 0. The van der Waals surface area contributed by atoms with Gasteiger partial charge in [0.2, 0.25) is 11.8 Å². The predicted molar refractivity (Wildman–Crippen MR) is 106 cm³/mol. The average molecular weight is 370 g/mol. The van der Waals surface area contributed by atoms with E-state index >= 15 is 0 Å². The van der Waals surface area contributed by atoms with E-state index in [0.717, 1.165) is 45.3 Å². The van der Waals surface area contributed by atoms with Crippen molar-refractivity contribution in [3.8, 4) is 0 Å². The van der Waals surface area contributed by atoms with Crippen molar-refractivity contribution in [3.05, 3.63) is 29.8 Å². The van der Waals surface area contributed by atoms with Crippen LogP contribution in [-0.4, -0.2) is 48.4 Å². The fourth-order valence-electron chi connectivity index (χ4n) is 5.04. The maximum Gasteiger partial charge on any atom is 0.234 e. The summed E-state index contributed by atoms with van der Waals surface area (Å²) in [6, 6.07) is 8.56. The molecule has 0 aromatic heterocycles. The van der Waals surface area contributed by atoms with Crippen molar-refractivity contribution in [1.29, 1.82) is 0 Å². The minimum absolute atomic E-state index is 0.0553. The van der Waals surface area contributed by atoms with Crippen molar-refractivity contribution in [2.45, 2.75) is 51.5 Å². The lowest BCUT2D eigenvalue weighted by Crippen LogP contribution is -2.40. The molecule has 2 atom stereocenters. The Morgan fingerprint density at radius 2 is 1.56 bits per heavy atom. The molecule has 2 amide bonds. The van der Waals surface area contributed by atoms with Crippen LogP contribution in [0.4, 0.5) is 5.69 Å². The summed E-state index contributed by atoms with van der Waals surface area (Å²) in [7, 11) is 2.01. The summed E-state index contributed by atoms with van der Waals surface area (Å²) in [6.07, 6.45) is 7.74. The van der Waals surface area contributed by atoms with Gasteiger partial charge in [0.25, 0.3) is 0 Å². The van der Waals surface area contributed by atoms with Crippen LogP contribution in [0.3, 0.4) is 0 Å². The van der Waals surface area contributed by atoms with Crippen molar-refractivity contribution in [1.82, 2.24) is 9.80 Å². The molecule has 3 aliphatic rings. The zero-order valence-electron chi connectivity index (χ0n) is 16.4. The molecule has 2 heterocycles. The molecule has 4 rings (SSSR count). The first kappa shape index (κ1) is 18.5. The third-order valence-corrected chi connectivity index (χ3v) is 6.44. The van der Waals surface area contributed by atoms with Crippen LogP contribution < -0.4 is 4.90 Å². The van der Waals surface area contributed by atoms with E-state index < -0.39 is 0 Å². The Morgan fingerprint density at radius 1 is 0.926 bits per heavy atom. The number of anilines is 1. The Labute approximate surface area is 162 Å². The number of fused-ring (bicyclic) bond motifs is 1. The number of piperidine rings is 1. The first-order chi connectivity index (χ1) is 13.1. The van der Waals surface area contributed by atoms with E-state index in [4.69, 9.17) is 0 Å². The molecule has 1 aromatic rings. The Balaban J connectivity index is 1.43. The fraction of sp³-hybridized carbons (Fsp3) is 0.636. The van der Waals surface area contributed by atoms with E-state index in [1.807, 2.05) is 7.05 Å². The van der Waals surface area contributed by atoms with Crippen molar-refractivity contribution in [2.24, 2.45) is 11.8 Å². The van der Waals surface area contributed by atoms with E-state index in [9.17, 15) is 9.59 Å². The molecule has 0 bridgehead atoms. The molecule has 5 nitrogen and oxygen atoms in total. The molecule has 0 radical (unpaired) electrons. The first-order valence-electron chi connectivity index (χ1n) is 10.5. The number of para-hydroxylation sites is 1. The van der Waals surface area contributed by atoms with Gasteiger partial charge >= 0.3 is 0 Å².